The van der Waals surface area contributed by atoms with Gasteiger partial charge in [-0.05, 0) is 24.5 Å². The van der Waals surface area contributed by atoms with Gasteiger partial charge in [-0.3, -0.25) is 19.7 Å². The Balaban J connectivity index is 0.00000176. The van der Waals surface area contributed by atoms with E-state index in [4.69, 9.17) is 0 Å². The first-order chi connectivity index (χ1) is 10.1. The number of halogens is 1. The number of carbonyl (C=O) groups is 3. The van der Waals surface area contributed by atoms with E-state index in [2.05, 4.69) is 16.0 Å². The molecule has 0 bridgehead atoms. The van der Waals surface area contributed by atoms with Crippen LogP contribution in [0.5, 0.6) is 0 Å². The molecule has 3 N–H and O–H groups in total. The molecule has 7 heteroatoms. The molecule has 2 aliphatic rings. The van der Waals surface area contributed by atoms with Gasteiger partial charge in [0, 0.05) is 18.7 Å². The predicted octanol–water partition coefficient (Wildman–Crippen LogP) is 0.929. The maximum atomic E-state index is 12.5. The number of para-hydroxylation sites is 1. The first-order valence-corrected chi connectivity index (χ1v) is 7.12. The summed E-state index contributed by atoms with van der Waals surface area (Å²) in [6.45, 7) is 0.727. The van der Waals surface area contributed by atoms with Crippen LogP contribution in [0, 0.1) is 0 Å². The van der Waals surface area contributed by atoms with Gasteiger partial charge in [0.05, 0.1) is 5.92 Å². The molecule has 1 unspecified atom stereocenters. The maximum Gasteiger partial charge on any atom is 0.249 e. The molecule has 0 spiro atoms. The van der Waals surface area contributed by atoms with Crippen LogP contribution in [0.1, 0.15) is 30.7 Å². The van der Waals surface area contributed by atoms with Gasteiger partial charge in [-0.15, -0.1) is 12.4 Å². The summed E-state index contributed by atoms with van der Waals surface area (Å²) in [5.41, 5.74) is 1.92. The monoisotopic (exact) mass is 323 g/mol. The lowest BCUT2D eigenvalue weighted by Crippen LogP contribution is -2.53. The molecule has 0 radical (unpaired) electrons. The molecule has 0 saturated carbocycles. The number of nitrogens with one attached hydrogen (secondary N) is 3. The predicted molar refractivity (Wildman–Crippen MR) is 83.9 cm³/mol. The molecule has 0 aliphatic carbocycles. The average molecular weight is 324 g/mol. The first kappa shape index (κ1) is 16.3. The van der Waals surface area contributed by atoms with Gasteiger partial charge in [-0.1, -0.05) is 18.2 Å². The van der Waals surface area contributed by atoms with Crippen molar-refractivity contribution >= 4 is 35.8 Å². The Morgan fingerprint density at radius 1 is 1.18 bits per heavy atom. The molecule has 1 fully saturated rings. The van der Waals surface area contributed by atoms with Gasteiger partial charge in [0.25, 0.3) is 0 Å². The number of amides is 3. The quantitative estimate of drug-likeness (QED) is 0.707. The Morgan fingerprint density at radius 2 is 1.95 bits per heavy atom. The summed E-state index contributed by atoms with van der Waals surface area (Å²) >= 11 is 0. The SMILES string of the molecule is Cl.O=C1CC[C@H](NC(=O)C2CCNc3ccccc32)C(=O)N1. The van der Waals surface area contributed by atoms with Crippen LogP contribution in [0.15, 0.2) is 24.3 Å². The summed E-state index contributed by atoms with van der Waals surface area (Å²) < 4.78 is 0. The van der Waals surface area contributed by atoms with Crippen LogP contribution in [0.4, 0.5) is 5.69 Å². The number of carbonyl (C=O) groups excluding carboxylic acids is 3. The highest BCUT2D eigenvalue weighted by molar-refractivity contribution is 6.02. The second-order valence-corrected chi connectivity index (χ2v) is 5.37. The van der Waals surface area contributed by atoms with Gasteiger partial charge in [-0.2, -0.15) is 0 Å². The van der Waals surface area contributed by atoms with Crippen LogP contribution >= 0.6 is 12.4 Å². The number of hydrogen-bond acceptors (Lipinski definition) is 4. The van der Waals surface area contributed by atoms with Crippen LogP contribution in [-0.2, 0) is 14.4 Å². The lowest BCUT2D eigenvalue weighted by Gasteiger charge is -2.28. The molecule has 3 rings (SSSR count). The highest BCUT2D eigenvalue weighted by Crippen LogP contribution is 2.31. The standard InChI is InChI=1S/C15H17N3O3.ClH/c19-13-6-5-12(15(21)18-13)17-14(20)10-7-8-16-11-4-2-1-3-9(10)11;/h1-4,10,12,16H,5-8H2,(H,17,20)(H,18,19,21);1H/t10?,12-;/m0./s1. The third kappa shape index (κ3) is 3.22. The van der Waals surface area contributed by atoms with Crippen LogP contribution < -0.4 is 16.0 Å². The molecule has 1 saturated heterocycles. The van der Waals surface area contributed by atoms with Crippen molar-refractivity contribution in [3.8, 4) is 0 Å². The fraction of sp³-hybridized carbons (Fsp3) is 0.400. The van der Waals surface area contributed by atoms with E-state index in [9.17, 15) is 14.4 Å². The Hall–Kier alpha value is -2.08. The van der Waals surface area contributed by atoms with Gasteiger partial charge in [0.1, 0.15) is 6.04 Å². The van der Waals surface area contributed by atoms with Crippen molar-refractivity contribution in [3.63, 3.8) is 0 Å². The number of anilines is 1. The summed E-state index contributed by atoms with van der Waals surface area (Å²) in [5.74, 6) is -1.11. The fourth-order valence-corrected chi connectivity index (χ4v) is 2.84. The van der Waals surface area contributed by atoms with E-state index in [0.29, 0.717) is 12.8 Å². The van der Waals surface area contributed by atoms with Gasteiger partial charge in [0.15, 0.2) is 0 Å². The third-order valence-electron chi connectivity index (χ3n) is 3.96. The van der Waals surface area contributed by atoms with Crippen molar-refractivity contribution < 1.29 is 14.4 Å². The summed E-state index contributed by atoms with van der Waals surface area (Å²) in [5, 5.41) is 8.28. The van der Waals surface area contributed by atoms with Crippen molar-refractivity contribution in [2.75, 3.05) is 11.9 Å². The molecular formula is C15H18ClN3O3. The molecule has 3 amide bonds. The van der Waals surface area contributed by atoms with E-state index in [0.717, 1.165) is 17.8 Å². The topological polar surface area (TPSA) is 87.3 Å². The zero-order valence-corrected chi connectivity index (χ0v) is 12.7. The number of benzene rings is 1. The van der Waals surface area contributed by atoms with E-state index in [1.807, 2.05) is 24.3 Å². The molecule has 2 aliphatic heterocycles. The van der Waals surface area contributed by atoms with Crippen LogP contribution in [-0.4, -0.2) is 30.3 Å². The van der Waals surface area contributed by atoms with Crippen LogP contribution in [0.25, 0.3) is 0 Å². The van der Waals surface area contributed by atoms with Crippen LogP contribution in [0.2, 0.25) is 0 Å². The second-order valence-electron chi connectivity index (χ2n) is 5.37. The van der Waals surface area contributed by atoms with Gasteiger partial charge >= 0.3 is 0 Å². The maximum absolute atomic E-state index is 12.5. The molecule has 118 valence electrons. The number of piperidine rings is 1. The molecule has 2 heterocycles. The van der Waals surface area contributed by atoms with Gasteiger partial charge in [-0.25, -0.2) is 0 Å². The normalized spacial score (nSPS) is 23.5. The number of fused-ring (bicyclic) bond motifs is 1. The number of imide groups is 1. The van der Waals surface area contributed by atoms with Crippen molar-refractivity contribution in [1.82, 2.24) is 10.6 Å². The second kappa shape index (κ2) is 6.79. The number of rotatable bonds is 2. The Labute approximate surface area is 134 Å². The van der Waals surface area contributed by atoms with E-state index in [-0.39, 0.29) is 36.6 Å². The first-order valence-electron chi connectivity index (χ1n) is 7.12. The zero-order chi connectivity index (χ0) is 14.8. The van der Waals surface area contributed by atoms with E-state index in [1.54, 1.807) is 0 Å². The Kier molecular flexibility index (Phi) is 5.03. The fourth-order valence-electron chi connectivity index (χ4n) is 2.84. The van der Waals surface area contributed by atoms with Crippen LogP contribution in [0.3, 0.4) is 0 Å². The largest absolute Gasteiger partial charge is 0.385 e. The minimum Gasteiger partial charge on any atom is -0.385 e. The Bertz CT molecular complexity index is 605. The molecule has 2 atom stereocenters. The third-order valence-corrected chi connectivity index (χ3v) is 3.96. The van der Waals surface area contributed by atoms with E-state index >= 15 is 0 Å². The summed E-state index contributed by atoms with van der Waals surface area (Å²) in [4.78, 5) is 35.3. The Morgan fingerprint density at radius 3 is 2.73 bits per heavy atom. The molecule has 22 heavy (non-hydrogen) atoms. The van der Waals surface area contributed by atoms with E-state index in [1.165, 1.54) is 0 Å². The summed E-state index contributed by atoms with van der Waals surface area (Å²) in [6.07, 6.45) is 1.32. The molecule has 6 nitrogen and oxygen atoms in total. The highest BCUT2D eigenvalue weighted by atomic mass is 35.5. The average Bonchev–Trinajstić information content (AvgIpc) is 2.49. The van der Waals surface area contributed by atoms with Crippen molar-refractivity contribution in [3.05, 3.63) is 29.8 Å². The van der Waals surface area contributed by atoms with E-state index < -0.39 is 11.9 Å². The number of hydrogen-bond donors (Lipinski definition) is 3. The van der Waals surface area contributed by atoms with Crippen molar-refractivity contribution in [2.45, 2.75) is 31.2 Å². The minimum atomic E-state index is -0.614. The highest BCUT2D eigenvalue weighted by Gasteiger charge is 2.32. The van der Waals surface area contributed by atoms with Gasteiger partial charge < -0.3 is 10.6 Å². The van der Waals surface area contributed by atoms with Crippen molar-refractivity contribution in [2.24, 2.45) is 0 Å². The molecule has 1 aromatic carbocycles. The molecule has 1 aromatic rings. The van der Waals surface area contributed by atoms with Gasteiger partial charge in [0.2, 0.25) is 17.7 Å². The smallest absolute Gasteiger partial charge is 0.249 e. The lowest BCUT2D eigenvalue weighted by molar-refractivity contribution is -0.137. The lowest BCUT2D eigenvalue weighted by atomic mass is 9.89. The molecule has 0 aromatic heterocycles. The van der Waals surface area contributed by atoms with Crippen molar-refractivity contribution in [1.29, 1.82) is 0 Å². The molecular weight excluding hydrogens is 306 g/mol. The minimum absolute atomic E-state index is 0. The zero-order valence-electron chi connectivity index (χ0n) is 11.9. The summed E-state index contributed by atoms with van der Waals surface area (Å²) in [7, 11) is 0. The summed E-state index contributed by atoms with van der Waals surface area (Å²) in [6, 6.07) is 7.08.